The van der Waals surface area contributed by atoms with Crippen molar-refractivity contribution < 1.29 is 14.3 Å². The molecule has 5 nitrogen and oxygen atoms in total. The van der Waals surface area contributed by atoms with Crippen LogP contribution >= 0.6 is 0 Å². The summed E-state index contributed by atoms with van der Waals surface area (Å²) in [5.41, 5.74) is 1.31. The van der Waals surface area contributed by atoms with Crippen LogP contribution in [-0.2, 0) is 9.53 Å². The predicted molar refractivity (Wildman–Crippen MR) is 88.2 cm³/mol. The third-order valence-electron chi connectivity index (χ3n) is 3.30. The highest BCUT2D eigenvalue weighted by molar-refractivity contribution is 5.93. The van der Waals surface area contributed by atoms with E-state index in [1.807, 2.05) is 19.0 Å². The smallest absolute Gasteiger partial charge is 0.338 e. The normalized spacial score (nSPS) is 10.6. The van der Waals surface area contributed by atoms with E-state index in [-0.39, 0.29) is 11.9 Å². The third-order valence-corrected chi connectivity index (χ3v) is 3.30. The monoisotopic (exact) mass is 306 g/mol. The highest BCUT2D eigenvalue weighted by Gasteiger charge is 2.12. The first kappa shape index (κ1) is 18.2. The molecule has 0 spiro atoms. The van der Waals surface area contributed by atoms with Crippen molar-refractivity contribution in [2.75, 3.05) is 38.7 Å². The van der Waals surface area contributed by atoms with E-state index in [4.69, 9.17) is 4.74 Å². The Labute approximate surface area is 132 Å². The van der Waals surface area contributed by atoms with Crippen molar-refractivity contribution in [1.82, 2.24) is 4.90 Å². The first-order valence-corrected chi connectivity index (χ1v) is 7.65. The Morgan fingerprint density at radius 2 is 1.73 bits per heavy atom. The summed E-state index contributed by atoms with van der Waals surface area (Å²) in [5.74, 6) is -0.328. The van der Waals surface area contributed by atoms with Crippen molar-refractivity contribution in [3.05, 3.63) is 29.8 Å². The molecule has 0 atom stereocenters. The number of ether oxygens (including phenoxy) is 1. The number of amides is 1. The number of anilines is 1. The standard InChI is InChI=1S/C17H26N2O3/c1-5-6-11-19(14(2)20)16-9-7-15(8-10-16)17(21)22-13-12-18(3)4/h7-10H,5-6,11-13H2,1-4H3. The number of hydrogen-bond acceptors (Lipinski definition) is 4. The van der Waals surface area contributed by atoms with Gasteiger partial charge in [0.15, 0.2) is 0 Å². The molecule has 0 unspecified atom stereocenters. The van der Waals surface area contributed by atoms with Gasteiger partial charge in [-0.05, 0) is 44.8 Å². The molecular weight excluding hydrogens is 280 g/mol. The maximum atomic E-state index is 11.9. The van der Waals surface area contributed by atoms with E-state index in [0.717, 1.165) is 18.5 Å². The number of carbonyl (C=O) groups is 2. The van der Waals surface area contributed by atoms with Crippen LogP contribution < -0.4 is 4.90 Å². The highest BCUT2D eigenvalue weighted by atomic mass is 16.5. The van der Waals surface area contributed by atoms with Crippen molar-refractivity contribution in [1.29, 1.82) is 0 Å². The van der Waals surface area contributed by atoms with Crippen molar-refractivity contribution in [2.45, 2.75) is 26.7 Å². The lowest BCUT2D eigenvalue weighted by Gasteiger charge is -2.21. The minimum absolute atomic E-state index is 0.00904. The second-order valence-corrected chi connectivity index (χ2v) is 5.51. The molecule has 0 aliphatic heterocycles. The van der Waals surface area contributed by atoms with E-state index in [0.29, 0.717) is 25.3 Å². The Morgan fingerprint density at radius 1 is 1.09 bits per heavy atom. The third kappa shape index (κ3) is 5.85. The van der Waals surface area contributed by atoms with Gasteiger partial charge in [0.25, 0.3) is 0 Å². The molecule has 0 fully saturated rings. The van der Waals surface area contributed by atoms with Crippen LogP contribution in [0.25, 0.3) is 0 Å². The van der Waals surface area contributed by atoms with Gasteiger partial charge in [-0.25, -0.2) is 4.79 Å². The Morgan fingerprint density at radius 3 is 2.23 bits per heavy atom. The zero-order valence-electron chi connectivity index (χ0n) is 14.0. The van der Waals surface area contributed by atoms with Crippen LogP contribution in [0, 0.1) is 0 Å². The van der Waals surface area contributed by atoms with Crippen LogP contribution in [0.3, 0.4) is 0 Å². The number of carbonyl (C=O) groups excluding carboxylic acids is 2. The van der Waals surface area contributed by atoms with Crippen LogP contribution in [0.4, 0.5) is 5.69 Å². The first-order valence-electron chi connectivity index (χ1n) is 7.65. The summed E-state index contributed by atoms with van der Waals surface area (Å²) in [6, 6.07) is 6.99. The number of rotatable bonds is 8. The summed E-state index contributed by atoms with van der Waals surface area (Å²) in [6.45, 7) is 5.39. The minimum atomic E-state index is -0.337. The van der Waals surface area contributed by atoms with Crippen molar-refractivity contribution in [3.63, 3.8) is 0 Å². The lowest BCUT2D eigenvalue weighted by Crippen LogP contribution is -2.29. The van der Waals surface area contributed by atoms with E-state index in [1.54, 1.807) is 36.1 Å². The molecular formula is C17H26N2O3. The van der Waals surface area contributed by atoms with Crippen molar-refractivity contribution in [2.24, 2.45) is 0 Å². The summed E-state index contributed by atoms with van der Waals surface area (Å²) >= 11 is 0. The Kier molecular flexibility index (Phi) is 7.60. The number of hydrogen-bond donors (Lipinski definition) is 0. The molecule has 22 heavy (non-hydrogen) atoms. The topological polar surface area (TPSA) is 49.9 Å². The molecule has 0 saturated carbocycles. The molecule has 122 valence electrons. The quantitative estimate of drug-likeness (QED) is 0.693. The number of nitrogens with zero attached hydrogens (tertiary/aromatic N) is 2. The lowest BCUT2D eigenvalue weighted by atomic mass is 10.2. The van der Waals surface area contributed by atoms with Crippen LogP contribution in [0.15, 0.2) is 24.3 Å². The SMILES string of the molecule is CCCCN(C(C)=O)c1ccc(C(=O)OCCN(C)C)cc1. The maximum Gasteiger partial charge on any atom is 0.338 e. The van der Waals surface area contributed by atoms with E-state index < -0.39 is 0 Å². The molecule has 1 aromatic carbocycles. The van der Waals surface area contributed by atoms with Gasteiger partial charge in [0.1, 0.15) is 6.61 Å². The number of esters is 1. The number of likely N-dealkylation sites (N-methyl/N-ethyl adjacent to an activating group) is 1. The average Bonchev–Trinajstić information content (AvgIpc) is 2.47. The number of unbranched alkanes of at least 4 members (excludes halogenated alkanes) is 1. The van der Waals surface area contributed by atoms with Gasteiger partial charge >= 0.3 is 5.97 Å². The first-order chi connectivity index (χ1) is 10.5. The van der Waals surface area contributed by atoms with Gasteiger partial charge in [0.2, 0.25) is 5.91 Å². The van der Waals surface area contributed by atoms with Crippen molar-refractivity contribution >= 4 is 17.6 Å². The zero-order chi connectivity index (χ0) is 16.5. The molecule has 0 N–H and O–H groups in total. The van der Waals surface area contributed by atoms with Gasteiger partial charge in [-0.2, -0.15) is 0 Å². The van der Waals surface area contributed by atoms with E-state index in [1.165, 1.54) is 0 Å². The minimum Gasteiger partial charge on any atom is -0.461 e. The summed E-state index contributed by atoms with van der Waals surface area (Å²) in [6.07, 6.45) is 1.98. The van der Waals surface area contributed by atoms with Gasteiger partial charge in [-0.3, -0.25) is 4.79 Å². The molecule has 0 heterocycles. The lowest BCUT2D eigenvalue weighted by molar-refractivity contribution is -0.116. The fourth-order valence-electron chi connectivity index (χ4n) is 1.97. The predicted octanol–water partition coefficient (Wildman–Crippen LogP) is 2.56. The average molecular weight is 306 g/mol. The summed E-state index contributed by atoms with van der Waals surface area (Å²) in [7, 11) is 3.85. The molecule has 0 bridgehead atoms. The highest BCUT2D eigenvalue weighted by Crippen LogP contribution is 2.17. The van der Waals surface area contributed by atoms with E-state index in [2.05, 4.69) is 6.92 Å². The molecule has 5 heteroatoms. The fraction of sp³-hybridized carbons (Fsp3) is 0.529. The van der Waals surface area contributed by atoms with Gasteiger partial charge in [-0.1, -0.05) is 13.3 Å². The number of benzene rings is 1. The Bertz CT molecular complexity index is 483. The van der Waals surface area contributed by atoms with Crippen LogP contribution in [0.1, 0.15) is 37.0 Å². The van der Waals surface area contributed by atoms with Crippen molar-refractivity contribution in [3.8, 4) is 0 Å². The summed E-state index contributed by atoms with van der Waals surface area (Å²) in [5, 5.41) is 0. The molecule has 1 amide bonds. The van der Waals surface area contributed by atoms with E-state index in [9.17, 15) is 9.59 Å². The summed E-state index contributed by atoms with van der Waals surface area (Å²) < 4.78 is 5.19. The molecule has 0 aromatic heterocycles. The molecule has 0 saturated heterocycles. The van der Waals surface area contributed by atoms with Crippen LogP contribution in [0.5, 0.6) is 0 Å². The molecule has 1 aromatic rings. The van der Waals surface area contributed by atoms with E-state index >= 15 is 0 Å². The van der Waals surface area contributed by atoms with Gasteiger partial charge in [0.05, 0.1) is 5.56 Å². The van der Waals surface area contributed by atoms with Gasteiger partial charge in [0, 0.05) is 25.7 Å². The Balaban J connectivity index is 2.67. The molecule has 1 rings (SSSR count). The Hall–Kier alpha value is -1.88. The summed E-state index contributed by atoms with van der Waals surface area (Å²) in [4.78, 5) is 27.3. The van der Waals surface area contributed by atoms with Gasteiger partial charge < -0.3 is 14.5 Å². The molecule has 0 radical (unpaired) electrons. The second kappa shape index (κ2) is 9.20. The second-order valence-electron chi connectivity index (χ2n) is 5.51. The fourth-order valence-corrected chi connectivity index (χ4v) is 1.97. The molecule has 0 aliphatic rings. The maximum absolute atomic E-state index is 11.9. The largest absolute Gasteiger partial charge is 0.461 e. The zero-order valence-corrected chi connectivity index (χ0v) is 14.0. The van der Waals surface area contributed by atoms with Crippen LogP contribution in [0.2, 0.25) is 0 Å². The molecule has 0 aliphatic carbocycles. The van der Waals surface area contributed by atoms with Gasteiger partial charge in [-0.15, -0.1) is 0 Å². The van der Waals surface area contributed by atoms with Crippen LogP contribution in [-0.4, -0.2) is 50.6 Å².